The molecular formula is C21H22N2O3. The van der Waals surface area contributed by atoms with Crippen LogP contribution in [-0.2, 0) is 0 Å². The first-order valence-corrected chi connectivity index (χ1v) is 8.57. The van der Waals surface area contributed by atoms with Crippen molar-refractivity contribution in [2.75, 3.05) is 38.8 Å². The van der Waals surface area contributed by atoms with E-state index in [0.717, 1.165) is 34.7 Å². The predicted octanol–water partition coefficient (Wildman–Crippen LogP) is 3.88. The molecule has 0 unspecified atom stereocenters. The number of hydrogen-bond acceptors (Lipinski definition) is 5. The molecule has 1 aliphatic rings. The Kier molecular flexibility index (Phi) is 5.33. The lowest BCUT2D eigenvalue weighted by Crippen LogP contribution is -2.28. The summed E-state index contributed by atoms with van der Waals surface area (Å²) in [6.45, 7) is 3.98. The lowest BCUT2D eigenvalue weighted by atomic mass is 9.96. The van der Waals surface area contributed by atoms with Gasteiger partial charge < -0.3 is 19.1 Å². The number of hydrogen-bond donors (Lipinski definition) is 0. The summed E-state index contributed by atoms with van der Waals surface area (Å²) in [5, 5.41) is 9.29. The number of rotatable bonds is 5. The van der Waals surface area contributed by atoms with Crippen molar-refractivity contribution in [2.24, 2.45) is 0 Å². The van der Waals surface area contributed by atoms with Gasteiger partial charge in [0.25, 0.3) is 0 Å². The van der Waals surface area contributed by atoms with Crippen LogP contribution in [0.4, 0.5) is 5.69 Å². The second-order valence-corrected chi connectivity index (χ2v) is 5.94. The SMILES string of the molecule is CCOc1cc(/C(=C/C#N)c2ccc3c(c2)OCCN3C)ccc1OC. The quantitative estimate of drug-likeness (QED) is 0.766. The van der Waals surface area contributed by atoms with Gasteiger partial charge in [0.2, 0.25) is 0 Å². The third-order valence-electron chi connectivity index (χ3n) is 4.35. The Morgan fingerprint density at radius 2 is 2.00 bits per heavy atom. The minimum Gasteiger partial charge on any atom is -0.493 e. The molecule has 0 radical (unpaired) electrons. The number of anilines is 1. The summed E-state index contributed by atoms with van der Waals surface area (Å²) in [4.78, 5) is 2.16. The van der Waals surface area contributed by atoms with E-state index in [0.29, 0.717) is 24.7 Å². The summed E-state index contributed by atoms with van der Waals surface area (Å²) < 4.78 is 16.8. The number of benzene rings is 2. The van der Waals surface area contributed by atoms with E-state index in [2.05, 4.69) is 11.0 Å². The topological polar surface area (TPSA) is 54.7 Å². The Labute approximate surface area is 154 Å². The summed E-state index contributed by atoms with van der Waals surface area (Å²) in [5.74, 6) is 2.16. The highest BCUT2D eigenvalue weighted by atomic mass is 16.5. The van der Waals surface area contributed by atoms with Gasteiger partial charge in [-0.1, -0.05) is 12.1 Å². The normalized spacial score (nSPS) is 13.5. The highest BCUT2D eigenvalue weighted by Crippen LogP contribution is 2.37. The molecule has 0 fully saturated rings. The molecule has 1 heterocycles. The van der Waals surface area contributed by atoms with E-state index in [-0.39, 0.29) is 0 Å². The molecule has 5 heteroatoms. The van der Waals surface area contributed by atoms with Crippen LogP contribution in [0.25, 0.3) is 5.57 Å². The Bertz CT molecular complexity index is 868. The molecular weight excluding hydrogens is 328 g/mol. The van der Waals surface area contributed by atoms with Crippen LogP contribution in [0, 0.1) is 11.3 Å². The van der Waals surface area contributed by atoms with Gasteiger partial charge in [-0.05, 0) is 47.9 Å². The van der Waals surface area contributed by atoms with Crippen molar-refractivity contribution in [1.82, 2.24) is 0 Å². The molecule has 0 aromatic heterocycles. The first-order chi connectivity index (χ1) is 12.7. The second kappa shape index (κ2) is 7.83. The van der Waals surface area contributed by atoms with E-state index in [1.165, 1.54) is 0 Å². The van der Waals surface area contributed by atoms with Crippen molar-refractivity contribution in [2.45, 2.75) is 6.92 Å². The van der Waals surface area contributed by atoms with Crippen molar-refractivity contribution < 1.29 is 14.2 Å². The smallest absolute Gasteiger partial charge is 0.161 e. The molecule has 0 aliphatic carbocycles. The van der Waals surface area contributed by atoms with Crippen molar-refractivity contribution >= 4 is 11.3 Å². The van der Waals surface area contributed by atoms with Gasteiger partial charge in [-0.3, -0.25) is 0 Å². The van der Waals surface area contributed by atoms with Gasteiger partial charge in [0.15, 0.2) is 11.5 Å². The lowest BCUT2D eigenvalue weighted by Gasteiger charge is -2.28. The van der Waals surface area contributed by atoms with Crippen LogP contribution in [-0.4, -0.2) is 33.9 Å². The van der Waals surface area contributed by atoms with Crippen molar-refractivity contribution in [1.29, 1.82) is 5.26 Å². The van der Waals surface area contributed by atoms with Crippen LogP contribution >= 0.6 is 0 Å². The number of allylic oxidation sites excluding steroid dienone is 1. The zero-order valence-electron chi connectivity index (χ0n) is 15.3. The minimum atomic E-state index is 0.538. The van der Waals surface area contributed by atoms with Crippen molar-refractivity contribution in [3.05, 3.63) is 53.6 Å². The fourth-order valence-electron chi connectivity index (χ4n) is 3.04. The third-order valence-corrected chi connectivity index (χ3v) is 4.35. The molecule has 5 nitrogen and oxygen atoms in total. The highest BCUT2D eigenvalue weighted by Gasteiger charge is 2.17. The van der Waals surface area contributed by atoms with Gasteiger partial charge in [0.05, 0.1) is 32.0 Å². The molecule has 0 saturated carbocycles. The molecule has 2 aromatic rings. The van der Waals surface area contributed by atoms with E-state index < -0.39 is 0 Å². The maximum atomic E-state index is 9.29. The maximum Gasteiger partial charge on any atom is 0.161 e. The van der Waals surface area contributed by atoms with Gasteiger partial charge in [-0.2, -0.15) is 5.26 Å². The molecule has 0 bridgehead atoms. The maximum absolute atomic E-state index is 9.29. The van der Waals surface area contributed by atoms with E-state index in [1.807, 2.05) is 50.4 Å². The average molecular weight is 350 g/mol. The van der Waals surface area contributed by atoms with E-state index in [1.54, 1.807) is 13.2 Å². The fourth-order valence-corrected chi connectivity index (χ4v) is 3.04. The first kappa shape index (κ1) is 17.7. The number of nitriles is 1. The molecule has 0 spiro atoms. The molecule has 0 saturated heterocycles. The minimum absolute atomic E-state index is 0.538. The molecule has 3 rings (SSSR count). The van der Waals surface area contributed by atoms with E-state index in [9.17, 15) is 5.26 Å². The number of likely N-dealkylation sites (N-methyl/N-ethyl adjacent to an activating group) is 1. The van der Waals surface area contributed by atoms with Gasteiger partial charge >= 0.3 is 0 Å². The first-order valence-electron chi connectivity index (χ1n) is 8.57. The summed E-state index contributed by atoms with van der Waals surface area (Å²) in [6.07, 6.45) is 1.55. The third kappa shape index (κ3) is 3.45. The number of fused-ring (bicyclic) bond motifs is 1. The zero-order chi connectivity index (χ0) is 18.5. The molecule has 26 heavy (non-hydrogen) atoms. The van der Waals surface area contributed by atoms with Gasteiger partial charge in [-0.15, -0.1) is 0 Å². The Morgan fingerprint density at radius 3 is 2.73 bits per heavy atom. The van der Waals surface area contributed by atoms with Crippen LogP contribution in [0.3, 0.4) is 0 Å². The lowest BCUT2D eigenvalue weighted by molar-refractivity contribution is 0.311. The summed E-state index contributed by atoms with van der Waals surface area (Å²) >= 11 is 0. The Hall–Kier alpha value is -3.13. The van der Waals surface area contributed by atoms with Gasteiger partial charge in [-0.25, -0.2) is 0 Å². The van der Waals surface area contributed by atoms with E-state index in [4.69, 9.17) is 14.2 Å². The molecule has 2 aromatic carbocycles. The molecule has 134 valence electrons. The number of ether oxygens (including phenoxy) is 3. The summed E-state index contributed by atoms with van der Waals surface area (Å²) in [6, 6.07) is 13.9. The Balaban J connectivity index is 2.05. The summed E-state index contributed by atoms with van der Waals surface area (Å²) in [7, 11) is 3.66. The zero-order valence-corrected chi connectivity index (χ0v) is 15.3. The largest absolute Gasteiger partial charge is 0.493 e. The fraction of sp³-hybridized carbons (Fsp3) is 0.286. The van der Waals surface area contributed by atoms with Gasteiger partial charge in [0.1, 0.15) is 12.4 Å². The van der Waals surface area contributed by atoms with Crippen LogP contribution < -0.4 is 19.1 Å². The second-order valence-electron chi connectivity index (χ2n) is 5.94. The van der Waals surface area contributed by atoms with Crippen LogP contribution in [0.15, 0.2) is 42.5 Å². The standard InChI is InChI=1S/C21H22N2O3/c1-4-25-21-14-16(6-8-19(21)24-3)17(9-10-22)15-5-7-18-20(13-15)26-12-11-23(18)2/h5-9,13-14H,4,11-12H2,1-3H3/b17-9+. The van der Waals surface area contributed by atoms with Crippen molar-refractivity contribution in [3.8, 4) is 23.3 Å². The monoisotopic (exact) mass is 350 g/mol. The Morgan fingerprint density at radius 1 is 1.23 bits per heavy atom. The van der Waals surface area contributed by atoms with Crippen molar-refractivity contribution in [3.63, 3.8) is 0 Å². The molecule has 0 atom stereocenters. The molecule has 0 N–H and O–H groups in total. The van der Waals surface area contributed by atoms with Crippen LogP contribution in [0.5, 0.6) is 17.2 Å². The average Bonchev–Trinajstić information content (AvgIpc) is 2.66. The molecule has 1 aliphatic heterocycles. The highest BCUT2D eigenvalue weighted by molar-refractivity contribution is 5.84. The van der Waals surface area contributed by atoms with E-state index >= 15 is 0 Å². The summed E-state index contributed by atoms with van der Waals surface area (Å²) in [5.41, 5.74) is 3.69. The predicted molar refractivity (Wildman–Crippen MR) is 102 cm³/mol. The number of nitrogens with zero attached hydrogens (tertiary/aromatic N) is 2. The molecule has 0 amide bonds. The van der Waals surface area contributed by atoms with Crippen LogP contribution in [0.2, 0.25) is 0 Å². The van der Waals surface area contributed by atoms with Crippen LogP contribution in [0.1, 0.15) is 18.1 Å². The van der Waals surface area contributed by atoms with Gasteiger partial charge in [0, 0.05) is 13.1 Å². The number of methoxy groups -OCH3 is 1.